The molecule has 208 valence electrons. The van der Waals surface area contributed by atoms with E-state index >= 15 is 0 Å². The second-order valence-corrected chi connectivity index (χ2v) is 11.6. The zero-order valence-electron chi connectivity index (χ0n) is 23.6. The van der Waals surface area contributed by atoms with Crippen LogP contribution >= 0.6 is 0 Å². The van der Waals surface area contributed by atoms with Crippen LogP contribution in [0.4, 0.5) is 5.69 Å². The van der Waals surface area contributed by atoms with E-state index in [4.69, 9.17) is 9.47 Å². The topological polar surface area (TPSA) is 54.0 Å². The minimum absolute atomic E-state index is 0.213. The summed E-state index contributed by atoms with van der Waals surface area (Å²) >= 11 is 0. The number of anilines is 1. The minimum Gasteiger partial charge on any atom is -0.508 e. The number of hydrogen-bond donors (Lipinski definition) is 2. The summed E-state index contributed by atoms with van der Waals surface area (Å²) in [5.74, 6) is 2.21. The Hall–Kier alpha value is -3.18. The van der Waals surface area contributed by atoms with Gasteiger partial charge in [-0.2, -0.15) is 0 Å². The standard InChI is InChI=1S/C34H44N2O3/c1-34(2)31(24-27-15-16-28(37)25-33(27)39-34)30-11-5-6-12-32(30)35-19-9-10-26-13-17-29(18-14-26)38-23-22-36-20-7-3-4-8-21-36/h5-6,11-18,25,31,35,37H,3-4,7-10,19-24H2,1-2H3. The number of hydrogen-bond acceptors (Lipinski definition) is 5. The number of rotatable bonds is 10. The lowest BCUT2D eigenvalue weighted by Gasteiger charge is -2.41. The van der Waals surface area contributed by atoms with Crippen LogP contribution in [0.3, 0.4) is 0 Å². The molecule has 3 aromatic carbocycles. The molecule has 5 nitrogen and oxygen atoms in total. The summed E-state index contributed by atoms with van der Waals surface area (Å²) in [6, 6.07) is 22.7. The first-order chi connectivity index (χ1) is 19.0. The van der Waals surface area contributed by atoms with Crippen LogP contribution in [0.1, 0.15) is 68.6 Å². The highest BCUT2D eigenvalue weighted by atomic mass is 16.5. The van der Waals surface area contributed by atoms with Gasteiger partial charge < -0.3 is 19.9 Å². The van der Waals surface area contributed by atoms with Crippen molar-refractivity contribution in [3.8, 4) is 17.2 Å². The Morgan fingerprint density at radius 2 is 1.74 bits per heavy atom. The van der Waals surface area contributed by atoms with Gasteiger partial charge in [-0.3, -0.25) is 4.90 Å². The van der Waals surface area contributed by atoms with E-state index in [9.17, 15) is 5.11 Å². The summed E-state index contributed by atoms with van der Waals surface area (Å²) in [5, 5.41) is 13.6. The maximum Gasteiger partial charge on any atom is 0.127 e. The Morgan fingerprint density at radius 3 is 2.54 bits per heavy atom. The molecule has 1 atom stereocenters. The van der Waals surface area contributed by atoms with E-state index in [0.717, 1.165) is 56.0 Å². The molecule has 1 fully saturated rings. The predicted molar refractivity (Wildman–Crippen MR) is 159 cm³/mol. The monoisotopic (exact) mass is 528 g/mol. The summed E-state index contributed by atoms with van der Waals surface area (Å²) in [5.41, 5.74) is 4.56. The Balaban J connectivity index is 1.10. The third-order valence-electron chi connectivity index (χ3n) is 8.28. The molecule has 2 aliphatic rings. The number of phenols is 1. The van der Waals surface area contributed by atoms with Crippen molar-refractivity contribution < 1.29 is 14.6 Å². The van der Waals surface area contributed by atoms with Gasteiger partial charge in [-0.25, -0.2) is 0 Å². The molecule has 0 aromatic heterocycles. The molecule has 0 aliphatic carbocycles. The molecule has 0 spiro atoms. The number of nitrogens with zero attached hydrogens (tertiary/aromatic N) is 1. The van der Waals surface area contributed by atoms with E-state index in [1.807, 2.05) is 6.07 Å². The van der Waals surface area contributed by atoms with E-state index in [0.29, 0.717) is 0 Å². The zero-order valence-corrected chi connectivity index (χ0v) is 23.6. The van der Waals surface area contributed by atoms with Crippen molar-refractivity contribution in [3.05, 3.63) is 83.4 Å². The first-order valence-electron chi connectivity index (χ1n) is 14.8. The SMILES string of the molecule is CC1(C)Oc2cc(O)ccc2CC1c1ccccc1NCCCc1ccc(OCCN2CCCCCC2)cc1. The van der Waals surface area contributed by atoms with Crippen LogP contribution in [0.5, 0.6) is 17.2 Å². The fraction of sp³-hybridized carbons (Fsp3) is 0.471. The number of benzene rings is 3. The lowest BCUT2D eigenvalue weighted by molar-refractivity contribution is 0.0614. The molecule has 0 amide bonds. The van der Waals surface area contributed by atoms with Gasteiger partial charge >= 0.3 is 0 Å². The van der Waals surface area contributed by atoms with Crippen molar-refractivity contribution in [2.75, 3.05) is 38.1 Å². The summed E-state index contributed by atoms with van der Waals surface area (Å²) in [6.07, 6.45) is 8.35. The molecule has 2 N–H and O–H groups in total. The van der Waals surface area contributed by atoms with Crippen molar-refractivity contribution >= 4 is 5.69 Å². The third kappa shape index (κ3) is 7.27. The molecule has 1 unspecified atom stereocenters. The van der Waals surface area contributed by atoms with Crippen molar-refractivity contribution in [1.82, 2.24) is 4.90 Å². The molecule has 2 heterocycles. The van der Waals surface area contributed by atoms with E-state index < -0.39 is 0 Å². The number of para-hydroxylation sites is 1. The average molecular weight is 529 g/mol. The quantitative estimate of drug-likeness (QED) is 0.273. The number of aromatic hydroxyl groups is 1. The molecular formula is C34H44N2O3. The molecule has 5 rings (SSSR count). The number of ether oxygens (including phenoxy) is 2. The lowest BCUT2D eigenvalue weighted by Crippen LogP contribution is -2.40. The van der Waals surface area contributed by atoms with Gasteiger partial charge in [-0.05, 0) is 100.0 Å². The second-order valence-electron chi connectivity index (χ2n) is 11.6. The Labute approximate surface area is 234 Å². The lowest BCUT2D eigenvalue weighted by atomic mass is 9.77. The zero-order chi connectivity index (χ0) is 27.1. The number of likely N-dealkylation sites (tertiary alicyclic amines) is 1. The highest BCUT2D eigenvalue weighted by Crippen LogP contribution is 2.45. The molecule has 39 heavy (non-hydrogen) atoms. The van der Waals surface area contributed by atoms with E-state index in [2.05, 4.69) is 72.6 Å². The second kappa shape index (κ2) is 12.8. The van der Waals surface area contributed by atoms with E-state index in [1.165, 1.54) is 55.6 Å². The van der Waals surface area contributed by atoms with Crippen molar-refractivity contribution in [1.29, 1.82) is 0 Å². The van der Waals surface area contributed by atoms with Crippen LogP contribution < -0.4 is 14.8 Å². The first kappa shape index (κ1) is 27.4. The highest BCUT2D eigenvalue weighted by Gasteiger charge is 2.39. The molecule has 2 aliphatic heterocycles. The van der Waals surface area contributed by atoms with Crippen LogP contribution in [0.15, 0.2) is 66.7 Å². The van der Waals surface area contributed by atoms with Crippen LogP contribution in [0.2, 0.25) is 0 Å². The molecule has 3 aromatic rings. The predicted octanol–water partition coefficient (Wildman–Crippen LogP) is 7.19. The molecular weight excluding hydrogens is 484 g/mol. The van der Waals surface area contributed by atoms with Crippen LogP contribution in [0.25, 0.3) is 0 Å². The molecule has 1 saturated heterocycles. The fourth-order valence-corrected chi connectivity index (χ4v) is 5.99. The summed E-state index contributed by atoms with van der Waals surface area (Å²) in [7, 11) is 0. The largest absolute Gasteiger partial charge is 0.508 e. The number of nitrogens with one attached hydrogen (secondary N) is 1. The average Bonchev–Trinajstić information content (AvgIpc) is 3.20. The fourth-order valence-electron chi connectivity index (χ4n) is 5.99. The molecule has 0 radical (unpaired) electrons. The maximum atomic E-state index is 9.89. The van der Waals surface area contributed by atoms with Crippen molar-refractivity contribution in [3.63, 3.8) is 0 Å². The molecule has 5 heteroatoms. The van der Waals surface area contributed by atoms with Crippen molar-refractivity contribution in [2.45, 2.75) is 70.3 Å². The van der Waals surface area contributed by atoms with Gasteiger partial charge in [0, 0.05) is 30.8 Å². The van der Waals surface area contributed by atoms with Gasteiger partial charge in [-0.1, -0.05) is 49.2 Å². The number of phenolic OH excluding ortho intramolecular Hbond substituents is 1. The van der Waals surface area contributed by atoms with Gasteiger partial charge in [0.05, 0.1) is 0 Å². The Morgan fingerprint density at radius 1 is 0.974 bits per heavy atom. The summed E-state index contributed by atoms with van der Waals surface area (Å²) < 4.78 is 12.4. The summed E-state index contributed by atoms with van der Waals surface area (Å²) in [4.78, 5) is 2.54. The third-order valence-corrected chi connectivity index (χ3v) is 8.28. The number of fused-ring (bicyclic) bond motifs is 1. The number of aryl methyl sites for hydroxylation is 1. The molecule has 0 bridgehead atoms. The van der Waals surface area contributed by atoms with Crippen LogP contribution in [-0.4, -0.2) is 48.4 Å². The van der Waals surface area contributed by atoms with E-state index in [1.54, 1.807) is 12.1 Å². The van der Waals surface area contributed by atoms with Crippen molar-refractivity contribution in [2.24, 2.45) is 0 Å². The van der Waals surface area contributed by atoms with Crippen LogP contribution in [0, 0.1) is 0 Å². The van der Waals surface area contributed by atoms with E-state index in [-0.39, 0.29) is 17.3 Å². The normalized spacial score (nSPS) is 19.0. The van der Waals surface area contributed by atoms with Gasteiger partial charge in [0.2, 0.25) is 0 Å². The van der Waals surface area contributed by atoms with Gasteiger partial charge in [-0.15, -0.1) is 0 Å². The smallest absolute Gasteiger partial charge is 0.127 e. The van der Waals surface area contributed by atoms with Crippen LogP contribution in [-0.2, 0) is 12.8 Å². The maximum absolute atomic E-state index is 9.89. The van der Waals surface area contributed by atoms with Gasteiger partial charge in [0.15, 0.2) is 0 Å². The minimum atomic E-state index is -0.379. The Kier molecular flexibility index (Phi) is 8.98. The molecule has 0 saturated carbocycles. The first-order valence-corrected chi connectivity index (χ1v) is 14.8. The highest BCUT2D eigenvalue weighted by molar-refractivity contribution is 5.55. The van der Waals surface area contributed by atoms with Gasteiger partial charge in [0.1, 0.15) is 29.5 Å². The Bertz CT molecular complexity index is 1200. The van der Waals surface area contributed by atoms with Gasteiger partial charge in [0.25, 0.3) is 0 Å². The summed E-state index contributed by atoms with van der Waals surface area (Å²) in [6.45, 7) is 9.41.